The minimum Gasteiger partial charge on any atom is -0.733 e. The number of nitrogens with zero attached hydrogens (tertiary/aromatic N) is 1. The summed E-state index contributed by atoms with van der Waals surface area (Å²) in [7, 11) is 0. The summed E-state index contributed by atoms with van der Waals surface area (Å²) in [6, 6.07) is 6.79. The van der Waals surface area contributed by atoms with Gasteiger partial charge in [0.25, 0.3) is 0 Å². The van der Waals surface area contributed by atoms with E-state index in [1.165, 1.54) is 0 Å². The second-order valence-electron chi connectivity index (χ2n) is 16.4. The lowest BCUT2D eigenvalue weighted by atomic mass is 9.32. The fourth-order valence-electron chi connectivity index (χ4n) is 12.4. The van der Waals surface area contributed by atoms with Gasteiger partial charge in [0.1, 0.15) is 0 Å². The molecule has 0 bridgehead atoms. The largest absolute Gasteiger partial charge is 0.733 e. The standard InChI is InChI=1S/C37H50NO5/c1-22(2)26-13-16-37(32(40)41)18-17-35(6)27(30(26)37)11-12-29-34(5)21-24(19-23-9-8-10-25(20-23)38(42)43)31(39)33(3,4)28(34)14-15-36(29,35)7/h8-10,19-20,26-30,42H,1,11-18,21H2,2-7H3,(H,40,41)/q-1. The molecule has 0 saturated heterocycles. The van der Waals surface area contributed by atoms with Crippen LogP contribution in [0.2, 0.25) is 0 Å². The van der Waals surface area contributed by atoms with Crippen LogP contribution in [-0.2, 0) is 9.59 Å². The van der Waals surface area contributed by atoms with Crippen molar-refractivity contribution in [3.05, 3.63) is 52.8 Å². The van der Waals surface area contributed by atoms with Gasteiger partial charge in [-0.25, -0.2) is 0 Å². The Morgan fingerprint density at radius 2 is 1.72 bits per heavy atom. The molecule has 9 unspecified atom stereocenters. The van der Waals surface area contributed by atoms with E-state index >= 15 is 0 Å². The summed E-state index contributed by atoms with van der Waals surface area (Å²) in [4.78, 5) is 27.0. The van der Waals surface area contributed by atoms with Gasteiger partial charge in [0, 0.05) is 5.41 Å². The smallest absolute Gasteiger partial charge is 0.309 e. The van der Waals surface area contributed by atoms with Crippen LogP contribution < -0.4 is 5.23 Å². The summed E-state index contributed by atoms with van der Waals surface area (Å²) in [6.45, 7) is 18.2. The van der Waals surface area contributed by atoms with Gasteiger partial charge in [0.2, 0.25) is 0 Å². The number of allylic oxidation sites excluding steroid dienone is 2. The van der Waals surface area contributed by atoms with Gasteiger partial charge in [-0.1, -0.05) is 58.9 Å². The molecule has 5 aliphatic carbocycles. The molecule has 5 saturated carbocycles. The van der Waals surface area contributed by atoms with Crippen molar-refractivity contribution in [3.63, 3.8) is 0 Å². The first-order valence-corrected chi connectivity index (χ1v) is 16.4. The highest BCUT2D eigenvalue weighted by Gasteiger charge is 2.72. The molecule has 5 fully saturated rings. The predicted octanol–water partition coefficient (Wildman–Crippen LogP) is 8.68. The molecular weight excluding hydrogens is 538 g/mol. The van der Waals surface area contributed by atoms with Crippen molar-refractivity contribution in [1.82, 2.24) is 0 Å². The van der Waals surface area contributed by atoms with Gasteiger partial charge in [-0.3, -0.25) is 14.8 Å². The molecule has 43 heavy (non-hydrogen) atoms. The predicted molar refractivity (Wildman–Crippen MR) is 169 cm³/mol. The van der Waals surface area contributed by atoms with Crippen LogP contribution >= 0.6 is 0 Å². The molecule has 0 amide bonds. The quantitative estimate of drug-likeness (QED) is 0.207. The number of carbonyl (C=O) groups is 2. The molecule has 1 aromatic rings. The van der Waals surface area contributed by atoms with Crippen LogP contribution in [0.3, 0.4) is 0 Å². The third kappa shape index (κ3) is 4.04. The lowest BCUT2D eigenvalue weighted by Crippen LogP contribution is -2.67. The first kappa shape index (κ1) is 30.6. The zero-order valence-electron chi connectivity index (χ0n) is 26.9. The van der Waals surface area contributed by atoms with Crippen LogP contribution in [0.1, 0.15) is 105 Å². The Labute approximate surface area is 257 Å². The Morgan fingerprint density at radius 3 is 2.37 bits per heavy atom. The Hall–Kier alpha value is -2.44. The maximum Gasteiger partial charge on any atom is 0.309 e. The monoisotopic (exact) mass is 588 g/mol. The van der Waals surface area contributed by atoms with Crippen LogP contribution in [0.15, 0.2) is 42.0 Å². The number of hydrogen-bond acceptors (Lipinski definition) is 5. The molecule has 6 rings (SSSR count). The van der Waals surface area contributed by atoms with Crippen LogP contribution in [-0.4, -0.2) is 22.1 Å². The summed E-state index contributed by atoms with van der Waals surface area (Å²) in [5.74, 6) is 1.04. The number of aliphatic carboxylic acids is 1. The number of carboxylic acid groups (broad SMARTS) is 1. The number of rotatable bonds is 4. The molecule has 6 nitrogen and oxygen atoms in total. The van der Waals surface area contributed by atoms with Crippen molar-refractivity contribution in [2.75, 3.05) is 5.23 Å². The van der Waals surface area contributed by atoms with Gasteiger partial charge in [-0.15, -0.1) is 0 Å². The van der Waals surface area contributed by atoms with E-state index in [4.69, 9.17) is 0 Å². The molecule has 234 valence electrons. The van der Waals surface area contributed by atoms with Gasteiger partial charge in [0.05, 0.1) is 11.1 Å². The van der Waals surface area contributed by atoms with E-state index in [2.05, 4.69) is 48.1 Å². The fourth-order valence-corrected chi connectivity index (χ4v) is 12.4. The normalized spacial score (nSPS) is 44.1. The van der Waals surface area contributed by atoms with Gasteiger partial charge in [-0.2, -0.15) is 0 Å². The summed E-state index contributed by atoms with van der Waals surface area (Å²) in [5, 5.41) is 31.5. The fraction of sp³-hybridized carbons (Fsp3) is 0.676. The van der Waals surface area contributed by atoms with Gasteiger partial charge in [-0.05, 0) is 140 Å². The van der Waals surface area contributed by atoms with Gasteiger partial charge in [0.15, 0.2) is 5.78 Å². The maximum absolute atomic E-state index is 14.1. The average Bonchev–Trinajstić information content (AvgIpc) is 3.34. The summed E-state index contributed by atoms with van der Waals surface area (Å²) in [5.41, 5.74) is 1.67. The number of anilines is 1. The zero-order chi connectivity index (χ0) is 31.3. The highest BCUT2D eigenvalue weighted by atomic mass is 16.8. The second-order valence-corrected chi connectivity index (χ2v) is 16.4. The van der Waals surface area contributed by atoms with Crippen molar-refractivity contribution in [2.24, 2.45) is 56.7 Å². The molecule has 0 aliphatic heterocycles. The highest BCUT2D eigenvalue weighted by molar-refractivity contribution is 6.04. The van der Waals surface area contributed by atoms with Crippen LogP contribution in [0.5, 0.6) is 0 Å². The molecule has 0 radical (unpaired) electrons. The number of Topliss-reactive ketones (excluding diaryl/α,β-unsaturated/α-hetero) is 1. The van der Waals surface area contributed by atoms with Crippen LogP contribution in [0.4, 0.5) is 5.69 Å². The molecule has 9 atom stereocenters. The molecule has 0 spiro atoms. The second kappa shape index (κ2) is 9.78. The van der Waals surface area contributed by atoms with Crippen molar-refractivity contribution in [3.8, 4) is 0 Å². The molecule has 2 N–H and O–H groups in total. The lowest BCUT2D eigenvalue weighted by Gasteiger charge is -2.72. The SMILES string of the molecule is C=C(C)C1CCC2(C(=O)O)CCC3(C)C(CCC4C5(C)CC(=Cc6cccc(N([O-])O)c6)C(=O)C(C)(C)C5CCC43C)C12. The van der Waals surface area contributed by atoms with E-state index in [1.807, 2.05) is 12.1 Å². The Kier molecular flexibility index (Phi) is 6.95. The first-order valence-electron chi connectivity index (χ1n) is 16.4. The van der Waals surface area contributed by atoms with Crippen molar-refractivity contribution in [1.29, 1.82) is 0 Å². The number of benzene rings is 1. The number of hydrogen-bond donors (Lipinski definition) is 2. The highest BCUT2D eigenvalue weighted by Crippen LogP contribution is 2.77. The van der Waals surface area contributed by atoms with Crippen molar-refractivity contribution in [2.45, 2.75) is 99.3 Å². The van der Waals surface area contributed by atoms with E-state index in [0.717, 1.165) is 68.1 Å². The average molecular weight is 589 g/mol. The first-order chi connectivity index (χ1) is 20.0. The maximum atomic E-state index is 14.1. The lowest BCUT2D eigenvalue weighted by molar-refractivity contribution is -0.231. The molecule has 0 heterocycles. The third-order valence-corrected chi connectivity index (χ3v) is 14.5. The summed E-state index contributed by atoms with van der Waals surface area (Å²) >= 11 is 0. The molecule has 5 aliphatic rings. The van der Waals surface area contributed by atoms with Crippen molar-refractivity contribution < 1.29 is 19.9 Å². The molecular formula is C37H50NO5-. The summed E-state index contributed by atoms with van der Waals surface area (Å²) < 4.78 is 0. The zero-order valence-corrected chi connectivity index (χ0v) is 26.9. The van der Waals surface area contributed by atoms with E-state index in [-0.39, 0.29) is 50.7 Å². The van der Waals surface area contributed by atoms with E-state index in [1.54, 1.807) is 18.2 Å². The number of carboxylic acids is 1. The topological polar surface area (TPSA) is 101 Å². The van der Waals surface area contributed by atoms with E-state index in [9.17, 15) is 25.1 Å². The number of carbonyl (C=O) groups excluding carboxylic acids is 1. The minimum atomic E-state index is -0.629. The van der Waals surface area contributed by atoms with Crippen LogP contribution in [0, 0.1) is 61.9 Å². The molecule has 6 heteroatoms. The van der Waals surface area contributed by atoms with Gasteiger partial charge >= 0.3 is 5.97 Å². The van der Waals surface area contributed by atoms with Gasteiger partial charge < -0.3 is 15.5 Å². The number of ketones is 1. The van der Waals surface area contributed by atoms with Crippen LogP contribution in [0.25, 0.3) is 6.08 Å². The molecule has 1 aromatic carbocycles. The third-order valence-electron chi connectivity index (χ3n) is 14.5. The van der Waals surface area contributed by atoms with E-state index in [0.29, 0.717) is 18.3 Å². The Morgan fingerprint density at radius 1 is 1.00 bits per heavy atom. The minimum absolute atomic E-state index is 0.0219. The van der Waals surface area contributed by atoms with E-state index < -0.39 is 16.8 Å². The number of fused-ring (bicyclic) bond motifs is 7. The molecule has 0 aromatic heterocycles. The summed E-state index contributed by atoms with van der Waals surface area (Å²) in [6.07, 6.45) is 10.2. The van der Waals surface area contributed by atoms with Crippen molar-refractivity contribution >= 4 is 23.5 Å². The Balaban J connectivity index is 1.41. The Bertz CT molecular complexity index is 1390.